The third kappa shape index (κ3) is 5.44. The number of piperazine rings is 1. The van der Waals surface area contributed by atoms with Crippen LogP contribution in [-0.4, -0.2) is 103 Å². The van der Waals surface area contributed by atoms with Gasteiger partial charge in [0.2, 0.25) is 11.8 Å². The maximum absolute atomic E-state index is 13.5. The molecule has 10 nitrogen and oxygen atoms in total. The number of ether oxygens (including phenoxy) is 1. The third-order valence-electron chi connectivity index (χ3n) is 7.16. The maximum atomic E-state index is 13.5. The van der Waals surface area contributed by atoms with E-state index in [-0.39, 0.29) is 18.4 Å². The molecule has 186 valence electrons. The number of anilines is 1. The molecule has 3 heterocycles. The van der Waals surface area contributed by atoms with Crippen LogP contribution in [0.1, 0.15) is 25.7 Å². The van der Waals surface area contributed by atoms with Crippen LogP contribution in [0.5, 0.6) is 0 Å². The number of para-hydroxylation sites is 1. The average molecular weight is 474 g/mol. The minimum Gasteiger partial charge on any atom is -0.445 e. The van der Waals surface area contributed by atoms with E-state index in [1.807, 2.05) is 18.2 Å². The summed E-state index contributed by atoms with van der Waals surface area (Å²) in [5, 5.41) is 9.35. The fourth-order valence-electron chi connectivity index (χ4n) is 5.31. The number of carbonyl (C=O) groups is 3. The molecule has 3 fully saturated rings. The minimum absolute atomic E-state index is 0.135. The fourth-order valence-corrected chi connectivity index (χ4v) is 5.31. The van der Waals surface area contributed by atoms with Crippen molar-refractivity contribution in [3.63, 3.8) is 0 Å². The van der Waals surface area contributed by atoms with Gasteiger partial charge in [-0.15, -0.1) is 0 Å². The lowest BCUT2D eigenvalue weighted by atomic mass is 9.86. The van der Waals surface area contributed by atoms with Crippen molar-refractivity contribution in [2.24, 2.45) is 5.92 Å². The summed E-state index contributed by atoms with van der Waals surface area (Å²) in [6.45, 7) is 4.24. The van der Waals surface area contributed by atoms with Crippen molar-refractivity contribution in [1.82, 2.24) is 20.2 Å². The molecular formula is C24H35N5O5. The lowest BCUT2D eigenvalue weighted by Gasteiger charge is -2.44. The molecule has 3 saturated heterocycles. The molecule has 0 aromatic heterocycles. The number of benzene rings is 1. The molecular weight excluding hydrogens is 438 g/mol. The summed E-state index contributed by atoms with van der Waals surface area (Å²) in [6.07, 6.45) is 2.32. The first-order chi connectivity index (χ1) is 16.5. The predicted octanol–water partition coefficient (Wildman–Crippen LogP) is 1.15. The van der Waals surface area contributed by atoms with Crippen LogP contribution in [0.2, 0.25) is 0 Å². The first-order valence-electron chi connectivity index (χ1n) is 12.2. The lowest BCUT2D eigenvalue weighted by molar-refractivity contribution is -0.152. The molecule has 0 spiro atoms. The Hall–Kier alpha value is -2.85. The number of likely N-dealkylation sites (tertiary alicyclic amines) is 2. The van der Waals surface area contributed by atoms with E-state index in [1.54, 1.807) is 27.2 Å². The van der Waals surface area contributed by atoms with Gasteiger partial charge < -0.3 is 19.4 Å². The highest BCUT2D eigenvalue weighted by molar-refractivity contribution is 5.90. The van der Waals surface area contributed by atoms with Gasteiger partial charge >= 0.3 is 6.09 Å². The van der Waals surface area contributed by atoms with E-state index >= 15 is 0 Å². The summed E-state index contributed by atoms with van der Waals surface area (Å²) in [7, 11) is 1.77. The molecule has 3 atom stereocenters. The number of piperidine rings is 2. The molecule has 0 saturated carbocycles. The van der Waals surface area contributed by atoms with Crippen molar-refractivity contribution >= 4 is 23.6 Å². The predicted molar refractivity (Wildman–Crippen MR) is 125 cm³/mol. The Morgan fingerprint density at radius 3 is 2.26 bits per heavy atom. The standard InChI is InChI=1S/C24H35N5O5/c1-26-17-19(34-24(32)29-10-6-3-7-11-29)16-20(22(30)25-33)21(26)23(31)28-14-12-27(13-15-28)18-8-4-2-5-9-18/h2,4-5,8-9,19-21,33H,3,6-7,10-17H2,1H3,(H,25,30)/t19-,20-,21-/m0/s1. The van der Waals surface area contributed by atoms with E-state index in [2.05, 4.69) is 17.0 Å². The zero-order valence-electron chi connectivity index (χ0n) is 19.8. The van der Waals surface area contributed by atoms with Crippen molar-refractivity contribution in [3.05, 3.63) is 30.3 Å². The Labute approximate surface area is 200 Å². The molecule has 3 aliphatic rings. The molecule has 10 heteroatoms. The number of hydroxylamine groups is 1. The Morgan fingerprint density at radius 2 is 1.62 bits per heavy atom. The van der Waals surface area contributed by atoms with Crippen LogP contribution in [0, 0.1) is 5.92 Å². The Kier molecular flexibility index (Phi) is 7.89. The maximum Gasteiger partial charge on any atom is 0.410 e. The lowest BCUT2D eigenvalue weighted by Crippen LogP contribution is -2.62. The number of rotatable bonds is 4. The van der Waals surface area contributed by atoms with E-state index in [1.165, 1.54) is 0 Å². The van der Waals surface area contributed by atoms with E-state index < -0.39 is 24.0 Å². The minimum atomic E-state index is -0.817. The van der Waals surface area contributed by atoms with Gasteiger partial charge in [-0.05, 0) is 44.9 Å². The summed E-state index contributed by atoms with van der Waals surface area (Å²) in [4.78, 5) is 46.2. The van der Waals surface area contributed by atoms with Crippen LogP contribution in [0.25, 0.3) is 0 Å². The topological polar surface area (TPSA) is 106 Å². The van der Waals surface area contributed by atoms with Crippen molar-refractivity contribution in [2.75, 3.05) is 57.8 Å². The summed E-state index contributed by atoms with van der Waals surface area (Å²) < 4.78 is 5.71. The van der Waals surface area contributed by atoms with E-state index in [0.29, 0.717) is 45.8 Å². The number of hydrogen-bond acceptors (Lipinski definition) is 7. The normalized spacial score (nSPS) is 26.2. The van der Waals surface area contributed by atoms with Gasteiger partial charge in [-0.1, -0.05) is 18.2 Å². The number of nitrogens with zero attached hydrogens (tertiary/aromatic N) is 4. The van der Waals surface area contributed by atoms with E-state index in [9.17, 15) is 19.6 Å². The second kappa shape index (κ2) is 11.1. The molecule has 0 aliphatic carbocycles. The molecule has 34 heavy (non-hydrogen) atoms. The second-order valence-electron chi connectivity index (χ2n) is 9.40. The Bertz CT molecular complexity index is 855. The molecule has 1 aromatic carbocycles. The SMILES string of the molecule is CN1C[C@@H](OC(=O)N2CCCCC2)C[C@H](C(=O)NO)[C@H]1C(=O)N1CCN(c2ccccc2)CC1. The Balaban J connectivity index is 1.39. The number of hydrogen-bond donors (Lipinski definition) is 2. The van der Waals surface area contributed by atoms with Crippen molar-refractivity contribution < 1.29 is 24.3 Å². The first-order valence-corrected chi connectivity index (χ1v) is 12.2. The van der Waals surface area contributed by atoms with Gasteiger partial charge in [-0.3, -0.25) is 19.7 Å². The molecule has 0 radical (unpaired) electrons. The van der Waals surface area contributed by atoms with Gasteiger partial charge in [0.05, 0.1) is 5.92 Å². The highest BCUT2D eigenvalue weighted by Gasteiger charge is 2.45. The summed E-state index contributed by atoms with van der Waals surface area (Å²) >= 11 is 0. The second-order valence-corrected chi connectivity index (χ2v) is 9.40. The molecule has 2 N–H and O–H groups in total. The largest absolute Gasteiger partial charge is 0.445 e. The highest BCUT2D eigenvalue weighted by Crippen LogP contribution is 2.28. The number of nitrogens with one attached hydrogen (secondary N) is 1. The quantitative estimate of drug-likeness (QED) is 0.499. The Morgan fingerprint density at radius 1 is 0.941 bits per heavy atom. The van der Waals surface area contributed by atoms with Crippen LogP contribution in [-0.2, 0) is 14.3 Å². The van der Waals surface area contributed by atoms with Gasteiger partial charge in [0.15, 0.2) is 0 Å². The van der Waals surface area contributed by atoms with Gasteiger partial charge in [0.25, 0.3) is 0 Å². The van der Waals surface area contributed by atoms with E-state index in [0.717, 1.165) is 24.9 Å². The zero-order chi connectivity index (χ0) is 24.1. The fraction of sp³-hybridized carbons (Fsp3) is 0.625. The molecule has 3 amide bonds. The number of carbonyl (C=O) groups excluding carboxylic acids is 3. The van der Waals surface area contributed by atoms with Gasteiger partial charge in [-0.25, -0.2) is 10.3 Å². The summed E-state index contributed by atoms with van der Waals surface area (Å²) in [5.74, 6) is -1.58. The molecule has 3 aliphatic heterocycles. The smallest absolute Gasteiger partial charge is 0.410 e. The van der Waals surface area contributed by atoms with Crippen LogP contribution in [0.4, 0.5) is 10.5 Å². The van der Waals surface area contributed by atoms with Crippen molar-refractivity contribution in [2.45, 2.75) is 37.8 Å². The summed E-state index contributed by atoms with van der Waals surface area (Å²) in [5.41, 5.74) is 2.84. The van der Waals surface area contributed by atoms with Crippen LogP contribution < -0.4 is 10.4 Å². The highest BCUT2D eigenvalue weighted by atomic mass is 16.6. The number of amides is 3. The average Bonchev–Trinajstić information content (AvgIpc) is 2.88. The van der Waals surface area contributed by atoms with Gasteiger partial charge in [0.1, 0.15) is 12.1 Å². The molecule has 0 unspecified atom stereocenters. The van der Waals surface area contributed by atoms with Gasteiger partial charge in [0, 0.05) is 51.5 Å². The third-order valence-corrected chi connectivity index (χ3v) is 7.16. The number of likely N-dealkylation sites (N-methyl/N-ethyl adjacent to an activating group) is 1. The zero-order valence-corrected chi connectivity index (χ0v) is 19.8. The molecule has 1 aromatic rings. The van der Waals surface area contributed by atoms with Crippen LogP contribution in [0.3, 0.4) is 0 Å². The first kappa shape index (κ1) is 24.3. The van der Waals surface area contributed by atoms with Crippen molar-refractivity contribution in [1.29, 1.82) is 0 Å². The molecule has 0 bridgehead atoms. The van der Waals surface area contributed by atoms with E-state index in [4.69, 9.17) is 4.74 Å². The van der Waals surface area contributed by atoms with Crippen molar-refractivity contribution in [3.8, 4) is 0 Å². The molecule has 4 rings (SSSR count). The van der Waals surface area contributed by atoms with Crippen LogP contribution >= 0.6 is 0 Å². The van der Waals surface area contributed by atoms with Gasteiger partial charge in [-0.2, -0.15) is 0 Å². The van der Waals surface area contributed by atoms with Crippen LogP contribution in [0.15, 0.2) is 30.3 Å². The monoisotopic (exact) mass is 473 g/mol. The summed E-state index contributed by atoms with van der Waals surface area (Å²) in [6, 6.07) is 9.36.